The molecule has 1 aliphatic heterocycles. The second kappa shape index (κ2) is 4.09. The van der Waals surface area contributed by atoms with E-state index in [1.165, 1.54) is 45.2 Å². The molecule has 2 rings (SSSR count). The van der Waals surface area contributed by atoms with Crippen molar-refractivity contribution in [2.45, 2.75) is 44.6 Å². The van der Waals surface area contributed by atoms with Crippen molar-refractivity contribution in [1.29, 1.82) is 0 Å². The predicted octanol–water partition coefficient (Wildman–Crippen LogP) is 1.85. The lowest BCUT2D eigenvalue weighted by Crippen LogP contribution is -2.41. The molecule has 3 nitrogen and oxygen atoms in total. The van der Waals surface area contributed by atoms with Gasteiger partial charge in [-0.1, -0.05) is 11.6 Å². The molecule has 1 saturated carbocycles. The molecule has 1 atom stereocenters. The van der Waals surface area contributed by atoms with Crippen LogP contribution in [0.2, 0.25) is 0 Å². The maximum atomic E-state index is 8.88. The summed E-state index contributed by atoms with van der Waals surface area (Å²) in [5.41, 5.74) is 1.02. The first-order chi connectivity index (χ1) is 6.42. The van der Waals surface area contributed by atoms with Crippen LogP contribution in [-0.4, -0.2) is 35.0 Å². The van der Waals surface area contributed by atoms with E-state index >= 15 is 0 Å². The van der Waals surface area contributed by atoms with E-state index in [1.54, 1.807) is 0 Å². The number of hydrogen-bond donors (Lipinski definition) is 1. The van der Waals surface area contributed by atoms with Gasteiger partial charge in [0, 0.05) is 0 Å². The van der Waals surface area contributed by atoms with Crippen molar-refractivity contribution in [3.8, 4) is 0 Å². The van der Waals surface area contributed by atoms with Crippen molar-refractivity contribution < 1.29 is 5.21 Å². The second-order valence-corrected chi connectivity index (χ2v) is 4.10. The molecule has 0 spiro atoms. The minimum absolute atomic E-state index is 0.459. The molecule has 2 aliphatic rings. The van der Waals surface area contributed by atoms with Crippen LogP contribution >= 0.6 is 0 Å². The molecule has 1 heterocycles. The van der Waals surface area contributed by atoms with E-state index in [1.807, 2.05) is 0 Å². The maximum absolute atomic E-state index is 8.88. The van der Waals surface area contributed by atoms with Crippen molar-refractivity contribution >= 4 is 5.71 Å². The Balaban J connectivity index is 2.01. The highest BCUT2D eigenvalue weighted by molar-refractivity contribution is 5.89. The third kappa shape index (κ3) is 1.85. The van der Waals surface area contributed by atoms with E-state index in [0.29, 0.717) is 6.04 Å². The SMILES string of the molecule is ON=C1CCCC[C@@H]1N1CCCC1. The average Bonchev–Trinajstić information content (AvgIpc) is 2.70. The highest BCUT2D eigenvalue weighted by Gasteiger charge is 2.28. The summed E-state index contributed by atoms with van der Waals surface area (Å²) in [5, 5.41) is 12.3. The number of nitrogens with zero attached hydrogens (tertiary/aromatic N) is 2. The van der Waals surface area contributed by atoms with Crippen LogP contribution < -0.4 is 0 Å². The molecule has 13 heavy (non-hydrogen) atoms. The topological polar surface area (TPSA) is 35.8 Å². The lowest BCUT2D eigenvalue weighted by molar-refractivity contribution is 0.253. The Bertz CT molecular complexity index is 197. The van der Waals surface area contributed by atoms with E-state index < -0.39 is 0 Å². The third-order valence-corrected chi connectivity index (χ3v) is 3.25. The summed E-state index contributed by atoms with van der Waals surface area (Å²) in [6.07, 6.45) is 7.31. The van der Waals surface area contributed by atoms with Gasteiger partial charge in [0.1, 0.15) is 0 Å². The van der Waals surface area contributed by atoms with Gasteiger partial charge >= 0.3 is 0 Å². The van der Waals surface area contributed by atoms with Gasteiger partial charge in [-0.15, -0.1) is 0 Å². The van der Waals surface area contributed by atoms with Crippen molar-refractivity contribution in [2.75, 3.05) is 13.1 Å². The van der Waals surface area contributed by atoms with Crippen LogP contribution in [0.4, 0.5) is 0 Å². The minimum atomic E-state index is 0.459. The lowest BCUT2D eigenvalue weighted by Gasteiger charge is -2.31. The molecule has 0 aromatic heterocycles. The maximum Gasteiger partial charge on any atom is 0.0742 e. The normalized spacial score (nSPS) is 34.2. The second-order valence-electron chi connectivity index (χ2n) is 4.10. The van der Waals surface area contributed by atoms with Gasteiger partial charge in [-0.25, -0.2) is 0 Å². The molecule has 2 fully saturated rings. The molecule has 0 bridgehead atoms. The zero-order valence-electron chi connectivity index (χ0n) is 8.08. The number of hydrogen-bond acceptors (Lipinski definition) is 3. The van der Waals surface area contributed by atoms with Crippen LogP contribution in [0.15, 0.2) is 5.16 Å². The molecule has 74 valence electrons. The fraction of sp³-hybridized carbons (Fsp3) is 0.900. The summed E-state index contributed by atoms with van der Waals surface area (Å²) in [5.74, 6) is 0. The first kappa shape index (κ1) is 9.00. The molecule has 0 unspecified atom stereocenters. The summed E-state index contributed by atoms with van der Waals surface area (Å²) in [7, 11) is 0. The zero-order valence-corrected chi connectivity index (χ0v) is 8.08. The smallest absolute Gasteiger partial charge is 0.0742 e. The molecule has 0 aromatic rings. The molecule has 0 radical (unpaired) electrons. The van der Waals surface area contributed by atoms with Gasteiger partial charge in [0.25, 0.3) is 0 Å². The van der Waals surface area contributed by atoms with Crippen LogP contribution in [0, 0.1) is 0 Å². The largest absolute Gasteiger partial charge is 0.411 e. The third-order valence-electron chi connectivity index (χ3n) is 3.25. The molecular formula is C10H18N2O. The zero-order chi connectivity index (χ0) is 9.10. The molecule has 1 aliphatic carbocycles. The van der Waals surface area contributed by atoms with Crippen molar-refractivity contribution in [2.24, 2.45) is 5.16 Å². The molecule has 0 amide bonds. The van der Waals surface area contributed by atoms with Crippen molar-refractivity contribution in [1.82, 2.24) is 4.90 Å². The molecular weight excluding hydrogens is 164 g/mol. The molecule has 1 N–H and O–H groups in total. The monoisotopic (exact) mass is 182 g/mol. The summed E-state index contributed by atoms with van der Waals surface area (Å²) >= 11 is 0. The molecule has 1 saturated heterocycles. The van der Waals surface area contributed by atoms with Gasteiger partial charge in [0.15, 0.2) is 0 Å². The van der Waals surface area contributed by atoms with Crippen LogP contribution in [0.5, 0.6) is 0 Å². The Hall–Kier alpha value is -0.570. The van der Waals surface area contributed by atoms with Gasteiger partial charge in [-0.05, 0) is 45.2 Å². The Labute approximate surface area is 79.4 Å². The summed E-state index contributed by atoms with van der Waals surface area (Å²) < 4.78 is 0. The lowest BCUT2D eigenvalue weighted by atomic mass is 9.92. The molecule has 0 aromatic carbocycles. The summed E-state index contributed by atoms with van der Waals surface area (Å²) in [6.45, 7) is 2.40. The van der Waals surface area contributed by atoms with Crippen molar-refractivity contribution in [3.63, 3.8) is 0 Å². The van der Waals surface area contributed by atoms with E-state index in [9.17, 15) is 0 Å². The Morgan fingerprint density at radius 2 is 1.92 bits per heavy atom. The van der Waals surface area contributed by atoms with Gasteiger partial charge in [0.05, 0.1) is 11.8 Å². The van der Waals surface area contributed by atoms with E-state index in [2.05, 4.69) is 10.1 Å². The van der Waals surface area contributed by atoms with Gasteiger partial charge in [-0.3, -0.25) is 4.90 Å². The number of oxime groups is 1. The fourth-order valence-corrected chi connectivity index (χ4v) is 2.54. The van der Waals surface area contributed by atoms with Gasteiger partial charge in [-0.2, -0.15) is 0 Å². The highest BCUT2D eigenvalue weighted by Crippen LogP contribution is 2.23. The van der Waals surface area contributed by atoms with Crippen LogP contribution in [0.3, 0.4) is 0 Å². The average molecular weight is 182 g/mol. The van der Waals surface area contributed by atoms with E-state index in [0.717, 1.165) is 12.1 Å². The van der Waals surface area contributed by atoms with Gasteiger partial charge < -0.3 is 5.21 Å². The fourth-order valence-electron chi connectivity index (χ4n) is 2.54. The summed E-state index contributed by atoms with van der Waals surface area (Å²) in [4.78, 5) is 2.48. The van der Waals surface area contributed by atoms with Crippen molar-refractivity contribution in [3.05, 3.63) is 0 Å². The Morgan fingerprint density at radius 3 is 2.62 bits per heavy atom. The molecule has 3 heteroatoms. The first-order valence-electron chi connectivity index (χ1n) is 5.36. The van der Waals surface area contributed by atoms with Crippen LogP contribution in [-0.2, 0) is 0 Å². The quantitative estimate of drug-likeness (QED) is 0.496. The van der Waals surface area contributed by atoms with Crippen LogP contribution in [0.1, 0.15) is 38.5 Å². The number of likely N-dealkylation sites (tertiary alicyclic amines) is 1. The minimum Gasteiger partial charge on any atom is -0.411 e. The Kier molecular flexibility index (Phi) is 2.83. The van der Waals surface area contributed by atoms with E-state index in [4.69, 9.17) is 5.21 Å². The van der Waals surface area contributed by atoms with Gasteiger partial charge in [0.2, 0.25) is 0 Å². The van der Waals surface area contributed by atoms with E-state index in [-0.39, 0.29) is 0 Å². The number of rotatable bonds is 1. The first-order valence-corrected chi connectivity index (χ1v) is 5.36. The highest BCUT2D eigenvalue weighted by atomic mass is 16.4. The standard InChI is InChI=1S/C10H18N2O/c13-11-9-5-1-2-6-10(9)12-7-3-4-8-12/h10,13H,1-8H2/t10-/m0/s1. The van der Waals surface area contributed by atoms with Crippen LogP contribution in [0.25, 0.3) is 0 Å². The Morgan fingerprint density at radius 1 is 1.15 bits per heavy atom. The predicted molar refractivity (Wildman–Crippen MR) is 52.3 cm³/mol. The summed E-state index contributed by atoms with van der Waals surface area (Å²) in [6, 6.07) is 0.459.